The summed E-state index contributed by atoms with van der Waals surface area (Å²) >= 11 is 0. The van der Waals surface area contributed by atoms with E-state index in [1.165, 1.54) is 12.0 Å². The fourth-order valence-electron chi connectivity index (χ4n) is 1.16. The zero-order chi connectivity index (χ0) is 12.6. The van der Waals surface area contributed by atoms with Gasteiger partial charge in [-0.1, -0.05) is 6.92 Å². The Bertz CT molecular complexity index is 229. The molecule has 6 heteroatoms. The minimum absolute atomic E-state index is 0.0265. The highest BCUT2D eigenvalue weighted by Crippen LogP contribution is 1.95. The van der Waals surface area contributed by atoms with Crippen molar-refractivity contribution in [3.8, 4) is 0 Å². The number of carbonyl (C=O) groups excluding carboxylic acids is 2. The molecule has 0 rings (SSSR count). The minimum Gasteiger partial charge on any atom is -0.370 e. The van der Waals surface area contributed by atoms with E-state index in [1.807, 2.05) is 6.92 Å². The molecule has 2 amide bonds. The molecule has 0 aromatic carbocycles. The van der Waals surface area contributed by atoms with Crippen molar-refractivity contribution in [1.82, 2.24) is 10.2 Å². The fraction of sp³-hybridized carbons (Fsp3) is 0.800. The van der Waals surface area contributed by atoms with Crippen LogP contribution in [0.4, 0.5) is 0 Å². The van der Waals surface area contributed by atoms with Crippen LogP contribution in [0, 0.1) is 0 Å². The molecule has 0 saturated carbocycles. The Balaban J connectivity index is 4.08. The van der Waals surface area contributed by atoms with Crippen molar-refractivity contribution in [1.29, 1.82) is 0 Å². The third-order valence-electron chi connectivity index (χ3n) is 2.10. The van der Waals surface area contributed by atoms with E-state index in [0.717, 1.165) is 6.42 Å². The fourth-order valence-corrected chi connectivity index (χ4v) is 1.16. The molecule has 0 heterocycles. The van der Waals surface area contributed by atoms with Crippen molar-refractivity contribution >= 4 is 11.8 Å². The molecule has 1 atom stereocenters. The molecule has 0 fully saturated rings. The lowest BCUT2D eigenvalue weighted by molar-refractivity contribution is -0.142. The Hall–Kier alpha value is -1.14. The van der Waals surface area contributed by atoms with Crippen molar-refractivity contribution in [3.63, 3.8) is 0 Å². The summed E-state index contributed by atoms with van der Waals surface area (Å²) in [5.74, 6) is -0.457. The molecule has 0 aromatic rings. The van der Waals surface area contributed by atoms with Crippen LogP contribution in [0.25, 0.3) is 0 Å². The smallest absolute Gasteiger partial charge is 0.253 e. The molecule has 6 nitrogen and oxygen atoms in total. The number of ether oxygens (including phenoxy) is 1. The van der Waals surface area contributed by atoms with E-state index in [4.69, 9.17) is 10.5 Å². The molecule has 0 radical (unpaired) electrons. The standard InChI is InChI=1S/C10H21N3O3/c1-4-5-12-9(14)7-13(2)10(15)8(6-11)16-3/h8H,4-7,11H2,1-3H3,(H,12,14). The van der Waals surface area contributed by atoms with E-state index in [1.54, 1.807) is 7.05 Å². The van der Waals surface area contributed by atoms with Gasteiger partial charge in [-0.25, -0.2) is 0 Å². The van der Waals surface area contributed by atoms with Crippen LogP contribution < -0.4 is 11.1 Å². The van der Waals surface area contributed by atoms with Crippen LogP contribution in [-0.4, -0.2) is 56.6 Å². The maximum atomic E-state index is 11.7. The number of methoxy groups -OCH3 is 1. The number of nitrogens with two attached hydrogens (primary N) is 1. The van der Waals surface area contributed by atoms with Gasteiger partial charge in [-0.2, -0.15) is 0 Å². The zero-order valence-corrected chi connectivity index (χ0v) is 10.2. The monoisotopic (exact) mass is 231 g/mol. The van der Waals surface area contributed by atoms with Crippen LogP contribution in [-0.2, 0) is 14.3 Å². The first-order valence-electron chi connectivity index (χ1n) is 5.31. The molecule has 3 N–H and O–H groups in total. The Morgan fingerprint density at radius 3 is 2.56 bits per heavy atom. The van der Waals surface area contributed by atoms with Gasteiger partial charge in [-0.05, 0) is 6.42 Å². The summed E-state index contributed by atoms with van der Waals surface area (Å²) in [4.78, 5) is 24.3. The van der Waals surface area contributed by atoms with Crippen LogP contribution in [0.5, 0.6) is 0 Å². The molecule has 1 unspecified atom stereocenters. The van der Waals surface area contributed by atoms with Crippen LogP contribution in [0.2, 0.25) is 0 Å². The molecule has 0 spiro atoms. The lowest BCUT2D eigenvalue weighted by Crippen LogP contribution is -2.45. The number of rotatable bonds is 7. The van der Waals surface area contributed by atoms with Gasteiger partial charge in [0.1, 0.15) is 6.10 Å². The predicted octanol–water partition coefficient (Wildman–Crippen LogP) is -1.06. The van der Waals surface area contributed by atoms with Gasteiger partial charge >= 0.3 is 0 Å². The SMILES string of the molecule is CCCNC(=O)CN(C)C(=O)C(CN)OC. The molecule has 16 heavy (non-hydrogen) atoms. The highest BCUT2D eigenvalue weighted by atomic mass is 16.5. The third-order valence-corrected chi connectivity index (χ3v) is 2.10. The van der Waals surface area contributed by atoms with Gasteiger partial charge in [-0.3, -0.25) is 9.59 Å². The molecule has 0 aliphatic carbocycles. The topological polar surface area (TPSA) is 84.7 Å². The minimum atomic E-state index is -0.677. The second-order valence-electron chi connectivity index (χ2n) is 3.50. The van der Waals surface area contributed by atoms with E-state index >= 15 is 0 Å². The van der Waals surface area contributed by atoms with E-state index in [2.05, 4.69) is 5.32 Å². The molecule has 0 aliphatic heterocycles. The lowest BCUT2D eigenvalue weighted by Gasteiger charge is -2.21. The maximum absolute atomic E-state index is 11.7. The second kappa shape index (κ2) is 8.06. The van der Waals surface area contributed by atoms with Gasteiger partial charge in [0.05, 0.1) is 6.54 Å². The second-order valence-corrected chi connectivity index (χ2v) is 3.50. The molecule has 0 aliphatic rings. The van der Waals surface area contributed by atoms with Crippen molar-refractivity contribution in [2.75, 3.05) is 33.8 Å². The number of carbonyl (C=O) groups is 2. The Morgan fingerprint density at radius 1 is 1.50 bits per heavy atom. The first kappa shape index (κ1) is 14.9. The Labute approximate surface area is 96.1 Å². The Kier molecular flexibility index (Phi) is 7.49. The highest BCUT2D eigenvalue weighted by molar-refractivity contribution is 5.86. The molecule has 0 bridgehead atoms. The average Bonchev–Trinajstić information content (AvgIpc) is 2.27. The van der Waals surface area contributed by atoms with Crippen LogP contribution in [0.1, 0.15) is 13.3 Å². The molecular formula is C10H21N3O3. The molecule has 94 valence electrons. The summed E-state index contributed by atoms with van der Waals surface area (Å²) in [6, 6.07) is 0. The molecule has 0 saturated heterocycles. The van der Waals surface area contributed by atoms with Gasteiger partial charge in [0.15, 0.2) is 0 Å². The molecular weight excluding hydrogens is 210 g/mol. The van der Waals surface area contributed by atoms with Gasteiger partial charge in [-0.15, -0.1) is 0 Å². The van der Waals surface area contributed by atoms with E-state index in [0.29, 0.717) is 6.54 Å². The van der Waals surface area contributed by atoms with Crippen LogP contribution in [0.15, 0.2) is 0 Å². The quantitative estimate of drug-likeness (QED) is 0.585. The largest absolute Gasteiger partial charge is 0.370 e. The summed E-state index contributed by atoms with van der Waals surface area (Å²) in [6.07, 6.45) is 0.191. The van der Waals surface area contributed by atoms with Crippen molar-refractivity contribution in [2.24, 2.45) is 5.73 Å². The van der Waals surface area contributed by atoms with E-state index in [-0.39, 0.29) is 24.9 Å². The number of nitrogens with one attached hydrogen (secondary N) is 1. The lowest BCUT2D eigenvalue weighted by atomic mass is 10.3. The number of hydrogen-bond donors (Lipinski definition) is 2. The van der Waals surface area contributed by atoms with Gasteiger partial charge in [0.25, 0.3) is 5.91 Å². The van der Waals surface area contributed by atoms with Gasteiger partial charge in [0, 0.05) is 27.2 Å². The number of likely N-dealkylation sites (N-methyl/N-ethyl adjacent to an activating group) is 1. The van der Waals surface area contributed by atoms with Gasteiger partial charge in [0.2, 0.25) is 5.91 Å². The number of hydrogen-bond acceptors (Lipinski definition) is 4. The number of nitrogens with zero attached hydrogens (tertiary/aromatic N) is 1. The highest BCUT2D eigenvalue weighted by Gasteiger charge is 2.21. The first-order chi connectivity index (χ1) is 7.56. The Morgan fingerprint density at radius 2 is 2.12 bits per heavy atom. The summed E-state index contributed by atoms with van der Waals surface area (Å²) < 4.78 is 4.90. The summed E-state index contributed by atoms with van der Waals surface area (Å²) in [5.41, 5.74) is 5.36. The number of amides is 2. The average molecular weight is 231 g/mol. The van der Waals surface area contributed by atoms with Gasteiger partial charge < -0.3 is 20.7 Å². The molecule has 0 aromatic heterocycles. The van der Waals surface area contributed by atoms with Crippen molar-refractivity contribution < 1.29 is 14.3 Å². The first-order valence-corrected chi connectivity index (χ1v) is 5.31. The van der Waals surface area contributed by atoms with Crippen molar-refractivity contribution in [3.05, 3.63) is 0 Å². The van der Waals surface area contributed by atoms with E-state index < -0.39 is 6.10 Å². The summed E-state index contributed by atoms with van der Waals surface area (Å²) in [7, 11) is 2.97. The zero-order valence-electron chi connectivity index (χ0n) is 10.2. The van der Waals surface area contributed by atoms with E-state index in [9.17, 15) is 9.59 Å². The summed E-state index contributed by atoms with van der Waals surface area (Å²) in [5, 5.41) is 2.69. The third kappa shape index (κ3) is 5.09. The predicted molar refractivity (Wildman–Crippen MR) is 60.8 cm³/mol. The van der Waals surface area contributed by atoms with Crippen LogP contribution >= 0.6 is 0 Å². The normalized spacial score (nSPS) is 12.0. The summed E-state index contributed by atoms with van der Waals surface area (Å²) in [6.45, 7) is 2.71. The maximum Gasteiger partial charge on any atom is 0.253 e. The van der Waals surface area contributed by atoms with Crippen LogP contribution in [0.3, 0.4) is 0 Å². The van der Waals surface area contributed by atoms with Crippen molar-refractivity contribution in [2.45, 2.75) is 19.4 Å².